The van der Waals surface area contributed by atoms with Crippen LogP contribution in [0.5, 0.6) is 0 Å². The zero-order valence-electron chi connectivity index (χ0n) is 7.81. The Kier molecular flexibility index (Phi) is 3.84. The summed E-state index contributed by atoms with van der Waals surface area (Å²) < 4.78 is 0. The Morgan fingerprint density at radius 3 is 2.79 bits per heavy atom. The topological polar surface area (TPSA) is 92.9 Å². The molecular weight excluding hydrogens is 188 g/mol. The van der Waals surface area contributed by atoms with Crippen LogP contribution in [0.15, 0.2) is 0 Å². The third-order valence-electron chi connectivity index (χ3n) is 1.98. The van der Waals surface area contributed by atoms with Gasteiger partial charge in [-0.1, -0.05) is 0 Å². The maximum atomic E-state index is 11.4. The van der Waals surface area contributed by atoms with Crippen LogP contribution in [0.1, 0.15) is 19.3 Å². The Morgan fingerprint density at radius 1 is 1.57 bits per heavy atom. The Morgan fingerprint density at radius 2 is 2.29 bits per heavy atom. The highest BCUT2D eigenvalue weighted by molar-refractivity contribution is 5.81. The molecule has 6 nitrogen and oxygen atoms in total. The average molecular weight is 202 g/mol. The van der Waals surface area contributed by atoms with Crippen molar-refractivity contribution in [1.82, 2.24) is 5.06 Å². The minimum Gasteiger partial charge on any atom is -0.481 e. The quantitative estimate of drug-likeness (QED) is 0.631. The van der Waals surface area contributed by atoms with E-state index in [0.717, 1.165) is 6.42 Å². The number of hydrogen-bond acceptors (Lipinski definition) is 4. The van der Waals surface area contributed by atoms with Crippen LogP contribution in [-0.2, 0) is 14.4 Å². The predicted octanol–water partition coefficient (Wildman–Crippen LogP) is -0.658. The lowest BCUT2D eigenvalue weighted by Gasteiger charge is -2.17. The molecule has 1 saturated heterocycles. The molecule has 0 radical (unpaired) electrons. The fourth-order valence-electron chi connectivity index (χ4n) is 1.21. The highest BCUT2D eigenvalue weighted by Gasteiger charge is 2.25. The average Bonchev–Trinajstić information content (AvgIpc) is 2.65. The molecule has 0 saturated carbocycles. The molecule has 0 aromatic heterocycles. The molecule has 1 unspecified atom stereocenters. The van der Waals surface area contributed by atoms with E-state index in [4.69, 9.17) is 15.7 Å². The van der Waals surface area contributed by atoms with Crippen molar-refractivity contribution in [2.24, 2.45) is 5.73 Å². The number of hydroxylamine groups is 2. The molecule has 1 fully saturated rings. The molecule has 3 N–H and O–H groups in total. The summed E-state index contributed by atoms with van der Waals surface area (Å²) in [4.78, 5) is 26.7. The van der Waals surface area contributed by atoms with Crippen molar-refractivity contribution in [3.8, 4) is 0 Å². The van der Waals surface area contributed by atoms with Crippen LogP contribution < -0.4 is 5.73 Å². The van der Waals surface area contributed by atoms with Gasteiger partial charge in [0.1, 0.15) is 0 Å². The third kappa shape index (κ3) is 2.97. The second kappa shape index (κ2) is 4.92. The fraction of sp³-hybridized carbons (Fsp3) is 0.750. The lowest BCUT2D eigenvalue weighted by molar-refractivity contribution is -0.170. The number of rotatable bonds is 4. The summed E-state index contributed by atoms with van der Waals surface area (Å²) in [6.07, 6.45) is 0.853. The Labute approximate surface area is 81.6 Å². The highest BCUT2D eigenvalue weighted by Crippen LogP contribution is 2.08. The Balaban J connectivity index is 2.31. The van der Waals surface area contributed by atoms with Crippen LogP contribution in [0.4, 0.5) is 0 Å². The van der Waals surface area contributed by atoms with Crippen LogP contribution >= 0.6 is 0 Å². The molecular formula is C8H14N2O4. The van der Waals surface area contributed by atoms with Crippen molar-refractivity contribution in [2.45, 2.75) is 25.3 Å². The molecule has 0 spiro atoms. The first-order chi connectivity index (χ1) is 6.61. The summed E-state index contributed by atoms with van der Waals surface area (Å²) >= 11 is 0. The maximum absolute atomic E-state index is 11.4. The van der Waals surface area contributed by atoms with E-state index in [1.807, 2.05) is 0 Å². The number of carboxylic acid groups (broad SMARTS) is 1. The second-order valence-electron chi connectivity index (χ2n) is 3.17. The van der Waals surface area contributed by atoms with Crippen molar-refractivity contribution in [3.63, 3.8) is 0 Å². The largest absolute Gasteiger partial charge is 0.481 e. The molecule has 1 rings (SSSR count). The number of nitrogens with two attached hydrogens (primary N) is 1. The van der Waals surface area contributed by atoms with Crippen molar-refractivity contribution in [3.05, 3.63) is 0 Å². The predicted molar refractivity (Wildman–Crippen MR) is 47.1 cm³/mol. The number of aliphatic carboxylic acids is 1. The molecule has 1 atom stereocenters. The number of amides is 1. The zero-order chi connectivity index (χ0) is 10.6. The maximum Gasteiger partial charge on any atom is 0.303 e. The first kappa shape index (κ1) is 10.9. The molecule has 80 valence electrons. The summed E-state index contributed by atoms with van der Waals surface area (Å²) in [5, 5.41) is 9.61. The Bertz CT molecular complexity index is 225. The van der Waals surface area contributed by atoms with E-state index in [1.165, 1.54) is 5.06 Å². The van der Waals surface area contributed by atoms with Gasteiger partial charge in [-0.25, -0.2) is 5.06 Å². The van der Waals surface area contributed by atoms with Crippen molar-refractivity contribution >= 4 is 11.9 Å². The van der Waals surface area contributed by atoms with Crippen molar-refractivity contribution < 1.29 is 19.5 Å². The standard InChI is InChI=1S/C8H14N2O4/c9-6(2-3-7(11)12)8(13)10-4-1-5-14-10/h6H,1-5,9H2,(H,11,12). The van der Waals surface area contributed by atoms with E-state index < -0.39 is 12.0 Å². The van der Waals surface area contributed by atoms with E-state index in [0.29, 0.717) is 13.2 Å². The van der Waals surface area contributed by atoms with Gasteiger partial charge >= 0.3 is 5.97 Å². The van der Waals surface area contributed by atoms with E-state index >= 15 is 0 Å². The van der Waals surface area contributed by atoms with E-state index in [-0.39, 0.29) is 18.7 Å². The van der Waals surface area contributed by atoms with Crippen LogP contribution in [0, 0.1) is 0 Å². The molecule has 14 heavy (non-hydrogen) atoms. The van der Waals surface area contributed by atoms with Gasteiger partial charge in [0.25, 0.3) is 5.91 Å². The lowest BCUT2D eigenvalue weighted by atomic mass is 10.1. The molecule has 6 heteroatoms. The monoisotopic (exact) mass is 202 g/mol. The van der Waals surface area contributed by atoms with Gasteiger partial charge in [-0.15, -0.1) is 0 Å². The van der Waals surface area contributed by atoms with E-state index in [9.17, 15) is 9.59 Å². The van der Waals surface area contributed by atoms with Gasteiger partial charge in [-0.2, -0.15) is 0 Å². The van der Waals surface area contributed by atoms with Crippen LogP contribution in [0.2, 0.25) is 0 Å². The summed E-state index contributed by atoms with van der Waals surface area (Å²) in [6.45, 7) is 1.07. The molecule has 0 aromatic carbocycles. The molecule has 1 aliphatic rings. The highest BCUT2D eigenvalue weighted by atomic mass is 16.7. The van der Waals surface area contributed by atoms with Crippen molar-refractivity contribution in [1.29, 1.82) is 0 Å². The fourth-order valence-corrected chi connectivity index (χ4v) is 1.21. The molecule has 0 bridgehead atoms. The number of carbonyl (C=O) groups excluding carboxylic acids is 1. The summed E-state index contributed by atoms with van der Waals surface area (Å²) in [5.74, 6) is -1.28. The first-order valence-corrected chi connectivity index (χ1v) is 4.53. The SMILES string of the molecule is NC(CCC(=O)O)C(=O)N1CCCO1. The first-order valence-electron chi connectivity index (χ1n) is 4.53. The molecule has 1 heterocycles. The third-order valence-corrected chi connectivity index (χ3v) is 1.98. The van der Waals surface area contributed by atoms with Crippen LogP contribution in [0.3, 0.4) is 0 Å². The summed E-state index contributed by atoms with van der Waals surface area (Å²) in [5.41, 5.74) is 5.51. The minimum absolute atomic E-state index is 0.0965. The van der Waals surface area contributed by atoms with E-state index in [2.05, 4.69) is 0 Å². The van der Waals surface area contributed by atoms with Gasteiger partial charge in [-0.05, 0) is 12.8 Å². The van der Waals surface area contributed by atoms with Crippen LogP contribution in [0.25, 0.3) is 0 Å². The molecule has 1 aliphatic heterocycles. The second-order valence-corrected chi connectivity index (χ2v) is 3.17. The Hall–Kier alpha value is -1.14. The van der Waals surface area contributed by atoms with Gasteiger partial charge in [0, 0.05) is 6.42 Å². The molecule has 0 aliphatic carbocycles. The summed E-state index contributed by atoms with van der Waals surface area (Å²) in [7, 11) is 0. The van der Waals surface area contributed by atoms with Gasteiger partial charge in [-0.3, -0.25) is 14.4 Å². The van der Waals surface area contributed by atoms with Gasteiger partial charge in [0.05, 0.1) is 19.2 Å². The van der Waals surface area contributed by atoms with Crippen molar-refractivity contribution in [2.75, 3.05) is 13.2 Å². The number of carbonyl (C=O) groups is 2. The minimum atomic E-state index is -0.949. The smallest absolute Gasteiger partial charge is 0.303 e. The van der Waals surface area contributed by atoms with E-state index in [1.54, 1.807) is 0 Å². The number of carboxylic acids is 1. The normalized spacial score (nSPS) is 18.2. The summed E-state index contributed by atoms with van der Waals surface area (Å²) in [6, 6.07) is -0.774. The zero-order valence-corrected chi connectivity index (χ0v) is 7.81. The molecule has 1 amide bonds. The lowest BCUT2D eigenvalue weighted by Crippen LogP contribution is -2.41. The van der Waals surface area contributed by atoms with Gasteiger partial charge in [0.15, 0.2) is 0 Å². The van der Waals surface area contributed by atoms with Gasteiger partial charge in [0.2, 0.25) is 0 Å². The molecule has 0 aromatic rings. The number of hydrogen-bond donors (Lipinski definition) is 2. The van der Waals surface area contributed by atoms with Crippen LogP contribution in [-0.4, -0.2) is 41.2 Å². The number of nitrogens with zero attached hydrogens (tertiary/aromatic N) is 1. The van der Waals surface area contributed by atoms with Gasteiger partial charge < -0.3 is 10.8 Å².